The van der Waals surface area contributed by atoms with Gasteiger partial charge in [0.05, 0.1) is 0 Å². The van der Waals surface area contributed by atoms with Crippen LogP contribution >= 0.6 is 0 Å². The Morgan fingerprint density at radius 2 is 1.88 bits per heavy atom. The van der Waals surface area contributed by atoms with Gasteiger partial charge in [-0.2, -0.15) is 0 Å². The average molecular weight is 345 g/mol. The number of nitrogens with one attached hydrogen (secondary N) is 3. The minimum atomic E-state index is -0.117. The Hall–Kier alpha value is -1.59. The van der Waals surface area contributed by atoms with Gasteiger partial charge in [-0.05, 0) is 51.0 Å². The number of ether oxygens (including phenoxy) is 1. The SMILES string of the molecule is C[C@H](NC1(CNC(=O)N[C@@H](C)C2CC2)CCOCC1)c1ccccc1. The second-order valence-electron chi connectivity index (χ2n) is 7.62. The van der Waals surface area contributed by atoms with Gasteiger partial charge in [-0.25, -0.2) is 4.79 Å². The minimum Gasteiger partial charge on any atom is -0.381 e. The van der Waals surface area contributed by atoms with Gasteiger partial charge in [0, 0.05) is 37.4 Å². The Morgan fingerprint density at radius 3 is 2.52 bits per heavy atom. The first-order valence-electron chi connectivity index (χ1n) is 9.53. The molecule has 2 amide bonds. The predicted molar refractivity (Wildman–Crippen MR) is 99.5 cm³/mol. The van der Waals surface area contributed by atoms with Gasteiger partial charge in [0.2, 0.25) is 0 Å². The highest BCUT2D eigenvalue weighted by molar-refractivity contribution is 5.74. The molecule has 1 aliphatic carbocycles. The van der Waals surface area contributed by atoms with Crippen LogP contribution in [-0.2, 0) is 4.74 Å². The standard InChI is InChI=1S/C20H31N3O2/c1-15(18-8-9-18)22-19(24)21-14-20(10-12-25-13-11-20)23-16(2)17-6-4-3-5-7-17/h3-7,15-16,18,23H,8-14H2,1-2H3,(H2,21,22,24)/t15-,16-/m0/s1. The van der Waals surface area contributed by atoms with Gasteiger partial charge < -0.3 is 20.7 Å². The molecular formula is C20H31N3O2. The van der Waals surface area contributed by atoms with Crippen molar-refractivity contribution in [1.82, 2.24) is 16.0 Å². The smallest absolute Gasteiger partial charge is 0.315 e. The Bertz CT molecular complexity index is 553. The maximum absolute atomic E-state index is 12.2. The lowest BCUT2D eigenvalue weighted by atomic mass is 9.88. The van der Waals surface area contributed by atoms with Crippen LogP contribution in [0.15, 0.2) is 30.3 Å². The summed E-state index contributed by atoms with van der Waals surface area (Å²) in [5.74, 6) is 0.666. The molecule has 1 saturated heterocycles. The zero-order valence-corrected chi connectivity index (χ0v) is 15.4. The van der Waals surface area contributed by atoms with Crippen molar-refractivity contribution in [2.45, 2.75) is 57.2 Å². The summed E-state index contributed by atoms with van der Waals surface area (Å²) in [5.41, 5.74) is 1.15. The average Bonchev–Trinajstić information content (AvgIpc) is 3.47. The van der Waals surface area contributed by atoms with Crippen LogP contribution in [0, 0.1) is 5.92 Å². The van der Waals surface area contributed by atoms with Crippen LogP contribution in [0.2, 0.25) is 0 Å². The summed E-state index contributed by atoms with van der Waals surface area (Å²) in [5, 5.41) is 9.94. The Labute approximate surface area is 150 Å². The molecule has 2 atom stereocenters. The number of amides is 2. The molecule has 0 spiro atoms. The summed E-state index contributed by atoms with van der Waals surface area (Å²) >= 11 is 0. The zero-order chi connectivity index (χ0) is 17.7. The van der Waals surface area contributed by atoms with E-state index in [-0.39, 0.29) is 23.7 Å². The van der Waals surface area contributed by atoms with E-state index in [1.807, 2.05) is 6.07 Å². The van der Waals surface area contributed by atoms with Gasteiger partial charge in [0.15, 0.2) is 0 Å². The van der Waals surface area contributed by atoms with Gasteiger partial charge in [0.1, 0.15) is 0 Å². The molecule has 3 N–H and O–H groups in total. The Morgan fingerprint density at radius 1 is 1.20 bits per heavy atom. The molecule has 0 aromatic heterocycles. The second-order valence-corrected chi connectivity index (χ2v) is 7.62. The Kier molecular flexibility index (Phi) is 5.97. The van der Waals surface area contributed by atoms with Gasteiger partial charge in [-0.3, -0.25) is 0 Å². The van der Waals surface area contributed by atoms with Crippen molar-refractivity contribution in [2.75, 3.05) is 19.8 Å². The third kappa shape index (κ3) is 5.19. The fourth-order valence-electron chi connectivity index (χ4n) is 3.64. The van der Waals surface area contributed by atoms with E-state index in [1.54, 1.807) is 0 Å². The van der Waals surface area contributed by atoms with Crippen LogP contribution in [0.4, 0.5) is 4.79 Å². The monoisotopic (exact) mass is 345 g/mol. The molecule has 3 rings (SSSR count). The molecule has 2 aliphatic rings. The normalized spacial score (nSPS) is 22.0. The number of hydrogen-bond acceptors (Lipinski definition) is 3. The molecule has 0 bridgehead atoms. The quantitative estimate of drug-likeness (QED) is 0.712. The van der Waals surface area contributed by atoms with Crippen LogP contribution in [0.1, 0.15) is 51.1 Å². The van der Waals surface area contributed by atoms with Crippen LogP contribution < -0.4 is 16.0 Å². The van der Waals surface area contributed by atoms with E-state index in [0.29, 0.717) is 12.5 Å². The van der Waals surface area contributed by atoms with E-state index in [9.17, 15) is 4.79 Å². The first kappa shape index (κ1) is 18.2. The lowest BCUT2D eigenvalue weighted by Gasteiger charge is -2.40. The lowest BCUT2D eigenvalue weighted by molar-refractivity contribution is 0.0347. The second kappa shape index (κ2) is 8.19. The van der Waals surface area contributed by atoms with Gasteiger partial charge in [-0.1, -0.05) is 30.3 Å². The summed E-state index contributed by atoms with van der Waals surface area (Å²) in [6.45, 7) is 6.36. The molecule has 1 aromatic carbocycles. The molecule has 0 unspecified atom stereocenters. The number of carbonyl (C=O) groups is 1. The lowest BCUT2D eigenvalue weighted by Crippen LogP contribution is -2.58. The van der Waals surface area contributed by atoms with Gasteiger partial charge in [-0.15, -0.1) is 0 Å². The molecule has 1 heterocycles. The maximum atomic E-state index is 12.2. The van der Waals surface area contributed by atoms with E-state index >= 15 is 0 Å². The summed E-state index contributed by atoms with van der Waals surface area (Å²) < 4.78 is 5.55. The van der Waals surface area contributed by atoms with Crippen LogP contribution in [0.3, 0.4) is 0 Å². The number of hydrogen-bond donors (Lipinski definition) is 3. The maximum Gasteiger partial charge on any atom is 0.315 e. The number of benzene rings is 1. The van der Waals surface area contributed by atoms with E-state index < -0.39 is 0 Å². The molecule has 5 heteroatoms. The number of rotatable bonds is 7. The first-order chi connectivity index (χ1) is 12.1. The fraction of sp³-hybridized carbons (Fsp3) is 0.650. The van der Waals surface area contributed by atoms with E-state index in [0.717, 1.165) is 26.1 Å². The first-order valence-corrected chi connectivity index (χ1v) is 9.53. The molecule has 1 aromatic rings. The van der Waals surface area contributed by atoms with Crippen molar-refractivity contribution in [3.8, 4) is 0 Å². The number of urea groups is 1. The fourth-order valence-corrected chi connectivity index (χ4v) is 3.64. The minimum absolute atomic E-state index is 0.0561. The molecule has 1 aliphatic heterocycles. The van der Waals surface area contributed by atoms with E-state index in [1.165, 1.54) is 18.4 Å². The van der Waals surface area contributed by atoms with Crippen LogP contribution in [-0.4, -0.2) is 37.4 Å². The van der Waals surface area contributed by atoms with Crippen molar-refractivity contribution in [2.24, 2.45) is 5.92 Å². The largest absolute Gasteiger partial charge is 0.381 e. The molecule has 25 heavy (non-hydrogen) atoms. The Balaban J connectivity index is 1.57. The molecule has 0 radical (unpaired) electrons. The molecule has 2 fully saturated rings. The number of carbonyl (C=O) groups excluding carboxylic acids is 1. The van der Waals surface area contributed by atoms with Crippen molar-refractivity contribution < 1.29 is 9.53 Å². The van der Waals surface area contributed by atoms with Crippen LogP contribution in [0.25, 0.3) is 0 Å². The van der Waals surface area contributed by atoms with Gasteiger partial charge in [0.25, 0.3) is 0 Å². The molecular weight excluding hydrogens is 314 g/mol. The highest BCUT2D eigenvalue weighted by Crippen LogP contribution is 2.32. The highest BCUT2D eigenvalue weighted by Gasteiger charge is 2.35. The predicted octanol–water partition coefficient (Wildman–Crippen LogP) is 2.98. The highest BCUT2D eigenvalue weighted by atomic mass is 16.5. The van der Waals surface area contributed by atoms with Crippen molar-refractivity contribution in [1.29, 1.82) is 0 Å². The van der Waals surface area contributed by atoms with Crippen molar-refractivity contribution >= 4 is 6.03 Å². The van der Waals surface area contributed by atoms with Crippen LogP contribution in [0.5, 0.6) is 0 Å². The third-order valence-electron chi connectivity index (χ3n) is 5.55. The zero-order valence-electron chi connectivity index (χ0n) is 15.4. The third-order valence-corrected chi connectivity index (χ3v) is 5.55. The molecule has 5 nitrogen and oxygen atoms in total. The van der Waals surface area contributed by atoms with E-state index in [2.05, 4.69) is 54.1 Å². The van der Waals surface area contributed by atoms with Gasteiger partial charge >= 0.3 is 6.03 Å². The molecule has 138 valence electrons. The summed E-state index contributed by atoms with van der Waals surface area (Å²) in [7, 11) is 0. The van der Waals surface area contributed by atoms with Crippen molar-refractivity contribution in [3.63, 3.8) is 0 Å². The van der Waals surface area contributed by atoms with E-state index in [4.69, 9.17) is 4.74 Å². The topological polar surface area (TPSA) is 62.4 Å². The summed E-state index contributed by atoms with van der Waals surface area (Å²) in [4.78, 5) is 12.2. The summed E-state index contributed by atoms with van der Waals surface area (Å²) in [6, 6.07) is 10.9. The van der Waals surface area contributed by atoms with Crippen molar-refractivity contribution in [3.05, 3.63) is 35.9 Å². The summed E-state index contributed by atoms with van der Waals surface area (Å²) in [6.07, 6.45) is 4.28. The molecule has 1 saturated carbocycles.